The molecule has 1 saturated carbocycles. The molecule has 1 saturated heterocycles. The number of nitrogens with zero attached hydrogens (tertiary/aromatic N) is 2. The minimum Gasteiger partial charge on any atom is -0.326 e. The molecule has 1 N–H and O–H groups in total. The number of benzene rings is 2. The zero-order valence-electron chi connectivity index (χ0n) is 17.6. The predicted octanol–water partition coefficient (Wildman–Crippen LogP) is 4.99. The Labute approximate surface area is 182 Å². The molecule has 5 nitrogen and oxygen atoms in total. The molecule has 6 heteroatoms. The summed E-state index contributed by atoms with van der Waals surface area (Å²) < 4.78 is 0. The first kappa shape index (κ1) is 20.7. The maximum absolute atomic E-state index is 13.0. The third-order valence-electron chi connectivity index (χ3n) is 5.49. The van der Waals surface area contributed by atoms with Crippen LogP contribution in [0.25, 0.3) is 0 Å². The van der Waals surface area contributed by atoms with Crippen molar-refractivity contribution in [3.05, 3.63) is 59.2 Å². The van der Waals surface area contributed by atoms with Crippen LogP contribution in [0.1, 0.15) is 42.9 Å². The van der Waals surface area contributed by atoms with Crippen LogP contribution in [-0.4, -0.2) is 33.2 Å². The fourth-order valence-corrected chi connectivity index (χ4v) is 4.73. The van der Waals surface area contributed by atoms with Gasteiger partial charge in [-0.2, -0.15) is 0 Å². The molecule has 4 rings (SSSR count). The van der Waals surface area contributed by atoms with Crippen LogP contribution in [0.4, 0.5) is 11.4 Å². The molecule has 1 heterocycles. The molecular formula is C24H27N3O2S. The van der Waals surface area contributed by atoms with E-state index in [1.54, 1.807) is 0 Å². The minimum atomic E-state index is -0.426. The van der Waals surface area contributed by atoms with Crippen molar-refractivity contribution in [3.8, 4) is 0 Å². The number of carbonyl (C=O) groups is 2. The highest BCUT2D eigenvalue weighted by Crippen LogP contribution is 2.39. The third-order valence-corrected chi connectivity index (χ3v) is 6.64. The van der Waals surface area contributed by atoms with Gasteiger partial charge in [0.25, 0.3) is 0 Å². The van der Waals surface area contributed by atoms with Gasteiger partial charge in [0.1, 0.15) is 5.25 Å². The van der Waals surface area contributed by atoms with Crippen molar-refractivity contribution in [2.24, 2.45) is 4.99 Å². The van der Waals surface area contributed by atoms with E-state index in [1.165, 1.54) is 17.3 Å². The highest BCUT2D eigenvalue weighted by molar-refractivity contribution is 8.15. The summed E-state index contributed by atoms with van der Waals surface area (Å²) >= 11 is 1.41. The van der Waals surface area contributed by atoms with E-state index < -0.39 is 5.25 Å². The maximum Gasteiger partial charge on any atom is 0.242 e. The molecule has 0 bridgehead atoms. The smallest absolute Gasteiger partial charge is 0.242 e. The molecule has 1 aliphatic carbocycles. The molecule has 156 valence electrons. The molecule has 1 atom stereocenters. The van der Waals surface area contributed by atoms with Gasteiger partial charge in [-0.3, -0.25) is 14.5 Å². The van der Waals surface area contributed by atoms with E-state index in [0.29, 0.717) is 0 Å². The molecule has 2 aromatic carbocycles. The lowest BCUT2D eigenvalue weighted by Gasteiger charge is -2.15. The number of carbonyl (C=O) groups excluding carboxylic acids is 2. The van der Waals surface area contributed by atoms with E-state index in [1.807, 2.05) is 49.1 Å². The summed E-state index contributed by atoms with van der Waals surface area (Å²) in [5.41, 5.74) is 5.00. The second-order valence-electron chi connectivity index (χ2n) is 8.03. The van der Waals surface area contributed by atoms with Crippen LogP contribution in [0.5, 0.6) is 0 Å². The highest BCUT2D eigenvalue weighted by atomic mass is 32.2. The summed E-state index contributed by atoms with van der Waals surface area (Å²) in [6.45, 7) is 6.08. The van der Waals surface area contributed by atoms with Gasteiger partial charge < -0.3 is 5.32 Å². The Bertz CT molecular complexity index is 996. The number of anilines is 1. The fraction of sp³-hybridized carbons (Fsp3) is 0.375. The molecule has 0 aromatic heterocycles. The van der Waals surface area contributed by atoms with Gasteiger partial charge in [-0.15, -0.1) is 0 Å². The average molecular weight is 422 g/mol. The van der Waals surface area contributed by atoms with Crippen molar-refractivity contribution >= 4 is 40.1 Å². The average Bonchev–Trinajstić information content (AvgIpc) is 3.51. The van der Waals surface area contributed by atoms with Crippen LogP contribution in [0.3, 0.4) is 0 Å². The zero-order valence-corrected chi connectivity index (χ0v) is 18.5. The number of rotatable bonds is 6. The quantitative estimate of drug-likeness (QED) is 0.715. The first-order valence-electron chi connectivity index (χ1n) is 10.5. The molecule has 2 aliphatic rings. The van der Waals surface area contributed by atoms with Gasteiger partial charge >= 0.3 is 0 Å². The standard InChI is InChI=1S/C24H27N3O2S/c1-4-17-7-9-18(10-8-17)25-24-27(19-11-12-19)23(29)21(30-24)14-22(28)26-20-13-15(2)5-6-16(20)3/h5-10,13,19,21H,4,11-12,14H2,1-3H3,(H,26,28)/t21-/m0/s1. The number of aliphatic imine (C=N–C) groups is 1. The van der Waals surface area contributed by atoms with E-state index in [4.69, 9.17) is 4.99 Å². The van der Waals surface area contributed by atoms with Crippen molar-refractivity contribution in [1.29, 1.82) is 0 Å². The predicted molar refractivity (Wildman–Crippen MR) is 123 cm³/mol. The van der Waals surface area contributed by atoms with E-state index in [2.05, 4.69) is 24.4 Å². The van der Waals surface area contributed by atoms with E-state index in [-0.39, 0.29) is 24.3 Å². The Hall–Kier alpha value is -2.60. The second-order valence-corrected chi connectivity index (χ2v) is 9.20. The van der Waals surface area contributed by atoms with Gasteiger partial charge in [0.15, 0.2) is 5.17 Å². The number of hydrogen-bond acceptors (Lipinski definition) is 4. The second kappa shape index (κ2) is 8.64. The Balaban J connectivity index is 1.48. The normalized spacial score (nSPS) is 20.1. The van der Waals surface area contributed by atoms with Gasteiger partial charge in [0.05, 0.1) is 5.69 Å². The van der Waals surface area contributed by atoms with Crippen molar-refractivity contribution in [1.82, 2.24) is 4.90 Å². The van der Waals surface area contributed by atoms with E-state index in [9.17, 15) is 9.59 Å². The van der Waals surface area contributed by atoms with Gasteiger partial charge in [-0.05, 0) is 68.0 Å². The summed E-state index contributed by atoms with van der Waals surface area (Å²) in [6.07, 6.45) is 3.13. The van der Waals surface area contributed by atoms with Crippen LogP contribution in [0, 0.1) is 13.8 Å². The van der Waals surface area contributed by atoms with Crippen LogP contribution in [-0.2, 0) is 16.0 Å². The van der Waals surface area contributed by atoms with Crippen LogP contribution in [0.15, 0.2) is 47.5 Å². The number of amides is 2. The molecule has 2 fully saturated rings. The highest BCUT2D eigenvalue weighted by Gasteiger charge is 2.46. The van der Waals surface area contributed by atoms with Crippen LogP contribution >= 0.6 is 11.8 Å². The molecular weight excluding hydrogens is 394 g/mol. The summed E-state index contributed by atoms with van der Waals surface area (Å²) in [5.74, 6) is -0.138. The molecule has 2 aromatic rings. The Morgan fingerprint density at radius 3 is 2.57 bits per heavy atom. The molecule has 0 radical (unpaired) electrons. The van der Waals surface area contributed by atoms with Crippen molar-refractivity contribution in [2.45, 2.75) is 57.7 Å². The lowest BCUT2D eigenvalue weighted by Crippen LogP contribution is -2.35. The molecule has 0 spiro atoms. The maximum atomic E-state index is 13.0. The molecule has 1 aliphatic heterocycles. The monoisotopic (exact) mass is 421 g/mol. The van der Waals surface area contributed by atoms with Crippen LogP contribution in [0.2, 0.25) is 0 Å². The Morgan fingerprint density at radius 2 is 1.90 bits per heavy atom. The molecule has 30 heavy (non-hydrogen) atoms. The van der Waals surface area contributed by atoms with Crippen molar-refractivity contribution in [3.63, 3.8) is 0 Å². The van der Waals surface area contributed by atoms with Gasteiger partial charge in [-0.1, -0.05) is 43.0 Å². The summed E-state index contributed by atoms with van der Waals surface area (Å²) in [6, 6.07) is 14.3. The Morgan fingerprint density at radius 1 is 1.17 bits per heavy atom. The fourth-order valence-electron chi connectivity index (χ4n) is 3.52. The summed E-state index contributed by atoms with van der Waals surface area (Å²) in [4.78, 5) is 32.3. The van der Waals surface area contributed by atoms with Gasteiger partial charge in [0, 0.05) is 18.2 Å². The summed E-state index contributed by atoms with van der Waals surface area (Å²) in [5, 5.41) is 3.26. The lowest BCUT2D eigenvalue weighted by molar-refractivity contribution is -0.128. The third kappa shape index (κ3) is 4.59. The van der Waals surface area contributed by atoms with Gasteiger partial charge in [0.2, 0.25) is 11.8 Å². The number of amidine groups is 1. The molecule has 2 amide bonds. The first-order valence-corrected chi connectivity index (χ1v) is 11.4. The van der Waals surface area contributed by atoms with Gasteiger partial charge in [-0.25, -0.2) is 4.99 Å². The largest absolute Gasteiger partial charge is 0.326 e. The topological polar surface area (TPSA) is 61.8 Å². The zero-order chi connectivity index (χ0) is 21.3. The van der Waals surface area contributed by atoms with Crippen LogP contribution < -0.4 is 5.32 Å². The van der Waals surface area contributed by atoms with E-state index >= 15 is 0 Å². The molecule has 0 unspecified atom stereocenters. The number of thioether (sulfide) groups is 1. The minimum absolute atomic E-state index is 0.00235. The number of aryl methyl sites for hydroxylation is 3. The SMILES string of the molecule is CCc1ccc(N=C2S[C@@H](CC(=O)Nc3cc(C)ccc3C)C(=O)N2C2CC2)cc1. The number of hydrogen-bond donors (Lipinski definition) is 1. The number of nitrogens with one attached hydrogen (secondary N) is 1. The summed E-state index contributed by atoms with van der Waals surface area (Å²) in [7, 11) is 0. The van der Waals surface area contributed by atoms with Crippen molar-refractivity contribution in [2.75, 3.05) is 5.32 Å². The van der Waals surface area contributed by atoms with Crippen molar-refractivity contribution < 1.29 is 9.59 Å². The first-order chi connectivity index (χ1) is 14.4. The Kier molecular flexibility index (Phi) is 5.95. The van der Waals surface area contributed by atoms with E-state index in [0.717, 1.165) is 46.9 Å². The lowest BCUT2D eigenvalue weighted by atomic mass is 10.1.